The zero-order valence-corrected chi connectivity index (χ0v) is 22.0. The number of likely N-dealkylation sites (N-methyl/N-ethyl adjacent to an activating group) is 1. The molecule has 2 aromatic carbocycles. The maximum atomic E-state index is 15.8. The van der Waals surface area contributed by atoms with Crippen LogP contribution < -0.4 is 11.1 Å². The largest absolute Gasteiger partial charge is 0.507 e. The number of Topliss-reactive ketones (excluding diaryl/α,β-unsaturated/α-hetero) is 4. The van der Waals surface area contributed by atoms with Crippen molar-refractivity contribution in [3.05, 3.63) is 64.5 Å². The highest BCUT2D eigenvalue weighted by molar-refractivity contribution is 6.32. The maximum absolute atomic E-state index is 15.8. The summed E-state index contributed by atoms with van der Waals surface area (Å²) in [6, 6.07) is 9.35. The van der Waals surface area contributed by atoms with Gasteiger partial charge < -0.3 is 21.3 Å². The van der Waals surface area contributed by atoms with Gasteiger partial charge in [0.15, 0.2) is 34.7 Å². The van der Waals surface area contributed by atoms with E-state index in [2.05, 4.69) is 5.32 Å². The number of primary amides is 1. The molecule has 3 aliphatic carbocycles. The molecule has 0 heterocycles. The molecule has 2 unspecified atom stereocenters. The molecule has 2 saturated carbocycles. The van der Waals surface area contributed by atoms with Crippen LogP contribution in [0.5, 0.6) is 5.75 Å². The number of fused-ring (bicyclic) bond motifs is 3. The van der Waals surface area contributed by atoms with Crippen molar-refractivity contribution in [1.29, 1.82) is 0 Å². The van der Waals surface area contributed by atoms with Gasteiger partial charge in [0.05, 0.1) is 17.5 Å². The van der Waals surface area contributed by atoms with Gasteiger partial charge in [0.1, 0.15) is 11.6 Å². The summed E-state index contributed by atoms with van der Waals surface area (Å²) in [6.07, 6.45) is -0.266. The minimum Gasteiger partial charge on any atom is -0.507 e. The van der Waals surface area contributed by atoms with Crippen LogP contribution in [0.25, 0.3) is 0 Å². The second-order valence-corrected chi connectivity index (χ2v) is 11.1. The number of carbonyl (C=O) groups excluding carboxylic acids is 5. The Balaban J connectivity index is 1.51. The number of rotatable bonds is 6. The number of ketones is 4. The number of aliphatic hydroxyl groups is 1. The zero-order chi connectivity index (χ0) is 29.1. The number of nitrogens with zero attached hydrogens (tertiary/aromatic N) is 1. The molecular formula is C29H30FN3O7. The summed E-state index contributed by atoms with van der Waals surface area (Å²) in [7, 11) is 3.00. The Kier molecular flexibility index (Phi) is 6.93. The van der Waals surface area contributed by atoms with E-state index in [0.29, 0.717) is 6.54 Å². The van der Waals surface area contributed by atoms with E-state index in [4.69, 9.17) is 5.73 Å². The van der Waals surface area contributed by atoms with Crippen LogP contribution >= 0.6 is 0 Å². The van der Waals surface area contributed by atoms with E-state index in [9.17, 15) is 34.2 Å². The predicted octanol–water partition coefficient (Wildman–Crippen LogP) is 0.296. The number of amides is 1. The Labute approximate surface area is 229 Å². The molecule has 2 aromatic rings. The van der Waals surface area contributed by atoms with Crippen LogP contribution in [0.2, 0.25) is 0 Å². The van der Waals surface area contributed by atoms with Crippen molar-refractivity contribution in [1.82, 2.24) is 10.2 Å². The molecule has 5 rings (SSSR count). The fourth-order valence-corrected chi connectivity index (χ4v) is 6.77. The number of aromatic hydroxyl groups is 1. The molecule has 11 heteroatoms. The predicted molar refractivity (Wildman–Crippen MR) is 138 cm³/mol. The molecule has 0 aliphatic heterocycles. The van der Waals surface area contributed by atoms with E-state index in [-0.39, 0.29) is 36.1 Å². The van der Waals surface area contributed by atoms with Gasteiger partial charge in [-0.1, -0.05) is 30.3 Å². The maximum Gasteiger partial charge on any atom is 0.235 e. The second-order valence-electron chi connectivity index (χ2n) is 11.1. The van der Waals surface area contributed by atoms with Crippen LogP contribution in [0.3, 0.4) is 0 Å². The Bertz CT molecular complexity index is 1440. The highest BCUT2D eigenvalue weighted by atomic mass is 19.1. The minimum atomic E-state index is -2.81. The fourth-order valence-electron chi connectivity index (χ4n) is 6.77. The third kappa shape index (κ3) is 4.07. The lowest BCUT2D eigenvalue weighted by atomic mass is 9.52. The van der Waals surface area contributed by atoms with Crippen molar-refractivity contribution in [2.45, 2.75) is 37.6 Å². The molecule has 0 bridgehead atoms. The van der Waals surface area contributed by atoms with Gasteiger partial charge >= 0.3 is 0 Å². The Morgan fingerprint density at radius 3 is 2.42 bits per heavy atom. The molecule has 3 aliphatic rings. The number of phenols is 1. The van der Waals surface area contributed by atoms with Crippen molar-refractivity contribution in [3.8, 4) is 5.75 Å². The Morgan fingerprint density at radius 1 is 1.12 bits per heavy atom. The molecule has 210 valence electrons. The van der Waals surface area contributed by atoms with Crippen LogP contribution in [0.15, 0.2) is 36.4 Å². The first kappa shape index (κ1) is 27.8. The van der Waals surface area contributed by atoms with Crippen molar-refractivity contribution in [2.75, 3.05) is 14.1 Å². The first-order chi connectivity index (χ1) is 18.9. The van der Waals surface area contributed by atoms with Crippen molar-refractivity contribution in [2.24, 2.45) is 29.4 Å². The topological polar surface area (TPSA) is 167 Å². The molecule has 6 atom stereocenters. The number of nitrogens with two attached hydrogens (primary N) is 1. The van der Waals surface area contributed by atoms with Gasteiger partial charge in [-0.2, -0.15) is 0 Å². The lowest BCUT2D eigenvalue weighted by molar-refractivity contribution is -0.181. The monoisotopic (exact) mass is 551 g/mol. The summed E-state index contributed by atoms with van der Waals surface area (Å²) in [6.45, 7) is 0.502. The SMILES string of the molecule is CN(C)[C@@H]1C(=O)C(C(N)=O)C(=O)[C@@]2(O)C(=O)C3C(=O)c4c(O)cc(CNCc5ccccc5)c(F)c4C[C@H]3C[C@@H]12. The van der Waals surface area contributed by atoms with Gasteiger partial charge in [-0.15, -0.1) is 0 Å². The third-order valence-electron chi connectivity index (χ3n) is 8.56. The van der Waals surface area contributed by atoms with Crippen LogP contribution in [0.4, 0.5) is 4.39 Å². The normalized spacial score (nSPS) is 29.7. The van der Waals surface area contributed by atoms with Gasteiger partial charge in [-0.05, 0) is 44.5 Å². The number of hydrogen-bond donors (Lipinski definition) is 4. The van der Waals surface area contributed by atoms with Gasteiger partial charge in [0, 0.05) is 30.1 Å². The highest BCUT2D eigenvalue weighted by Crippen LogP contribution is 2.51. The third-order valence-corrected chi connectivity index (χ3v) is 8.56. The molecule has 40 heavy (non-hydrogen) atoms. The highest BCUT2D eigenvalue weighted by Gasteiger charge is 2.69. The number of benzene rings is 2. The number of phenolic OH excluding ortho intramolecular Hbond substituents is 1. The molecule has 5 N–H and O–H groups in total. The number of nitrogens with one attached hydrogen (secondary N) is 1. The smallest absolute Gasteiger partial charge is 0.235 e. The zero-order valence-electron chi connectivity index (χ0n) is 22.0. The van der Waals surface area contributed by atoms with Gasteiger partial charge in [-0.3, -0.25) is 28.9 Å². The van der Waals surface area contributed by atoms with Crippen LogP contribution in [-0.2, 0) is 38.7 Å². The summed E-state index contributed by atoms with van der Waals surface area (Å²) in [5.74, 6) is -12.5. The van der Waals surface area contributed by atoms with Crippen LogP contribution in [0.1, 0.15) is 33.5 Å². The Hall–Kier alpha value is -3.80. The van der Waals surface area contributed by atoms with Crippen LogP contribution in [-0.4, -0.2) is 69.9 Å². The van der Waals surface area contributed by atoms with E-state index in [1.54, 1.807) is 0 Å². The van der Waals surface area contributed by atoms with Crippen molar-refractivity contribution < 1.29 is 38.6 Å². The van der Waals surface area contributed by atoms with Crippen molar-refractivity contribution >= 4 is 29.0 Å². The number of halogens is 1. The molecule has 0 spiro atoms. The molecule has 2 fully saturated rings. The first-order valence-electron chi connectivity index (χ1n) is 13.0. The summed E-state index contributed by atoms with van der Waals surface area (Å²) >= 11 is 0. The fraction of sp³-hybridized carbons (Fsp3) is 0.414. The Morgan fingerprint density at radius 2 is 1.80 bits per heavy atom. The number of carbonyl (C=O) groups is 5. The summed E-state index contributed by atoms with van der Waals surface area (Å²) in [5.41, 5.74) is 3.19. The quantitative estimate of drug-likeness (QED) is 0.369. The second kappa shape index (κ2) is 9.99. The lowest BCUT2D eigenvalue weighted by Gasteiger charge is -2.52. The van der Waals surface area contributed by atoms with E-state index in [1.165, 1.54) is 19.0 Å². The number of hydrogen-bond acceptors (Lipinski definition) is 9. The van der Waals surface area contributed by atoms with Crippen molar-refractivity contribution in [3.63, 3.8) is 0 Å². The average Bonchev–Trinajstić information content (AvgIpc) is 2.89. The van der Waals surface area contributed by atoms with E-state index in [0.717, 1.165) is 11.6 Å². The van der Waals surface area contributed by atoms with E-state index < -0.39 is 75.9 Å². The first-order valence-corrected chi connectivity index (χ1v) is 13.0. The standard InChI is InChI=1S/C29H30FN3O7/c1-33(2)23-17-9-14-8-16-20(18(34)10-15(22(16)30)12-32-11-13-6-4-3-5-7-13)24(35)19(14)26(37)29(17,40)27(38)21(25(23)36)28(31)39/h3-7,10,14,17,19,21,23,32,34,40H,8-9,11-12H2,1-2H3,(H2,31,39)/t14-,17-,19?,21?,23-,29-/m0/s1. The van der Waals surface area contributed by atoms with Gasteiger partial charge in [-0.25, -0.2) is 4.39 Å². The molecule has 10 nitrogen and oxygen atoms in total. The lowest BCUT2D eigenvalue weighted by Crippen LogP contribution is -2.74. The molecule has 0 radical (unpaired) electrons. The molecule has 0 saturated heterocycles. The summed E-state index contributed by atoms with van der Waals surface area (Å²) in [5, 5.41) is 25.4. The molecule has 0 aromatic heterocycles. The summed E-state index contributed by atoms with van der Waals surface area (Å²) < 4.78 is 15.8. The average molecular weight is 552 g/mol. The minimum absolute atomic E-state index is 0.0501. The van der Waals surface area contributed by atoms with Crippen LogP contribution in [0, 0.1) is 29.5 Å². The summed E-state index contributed by atoms with van der Waals surface area (Å²) in [4.78, 5) is 67.2. The van der Waals surface area contributed by atoms with E-state index >= 15 is 4.39 Å². The van der Waals surface area contributed by atoms with Gasteiger partial charge in [0.2, 0.25) is 5.91 Å². The molecule has 1 amide bonds. The van der Waals surface area contributed by atoms with E-state index in [1.807, 2.05) is 30.3 Å². The van der Waals surface area contributed by atoms with Gasteiger partial charge in [0.25, 0.3) is 0 Å². The molecular weight excluding hydrogens is 521 g/mol.